The van der Waals surface area contributed by atoms with Gasteiger partial charge < -0.3 is 20.1 Å². The van der Waals surface area contributed by atoms with Gasteiger partial charge in [0, 0.05) is 37.3 Å². The van der Waals surface area contributed by atoms with Crippen LogP contribution in [0.4, 0.5) is 17.6 Å². The van der Waals surface area contributed by atoms with Crippen molar-refractivity contribution in [3.05, 3.63) is 17.8 Å². The van der Waals surface area contributed by atoms with Gasteiger partial charge in [0.15, 0.2) is 5.82 Å². The normalized spacial score (nSPS) is 21.9. The Morgan fingerprint density at radius 2 is 1.90 bits per heavy atom. The van der Waals surface area contributed by atoms with Crippen molar-refractivity contribution in [2.45, 2.75) is 64.3 Å². The predicted octanol–water partition coefficient (Wildman–Crippen LogP) is 1.43. The van der Waals surface area contributed by atoms with Crippen LogP contribution in [0.25, 0.3) is 0 Å². The van der Waals surface area contributed by atoms with E-state index in [9.17, 15) is 13.5 Å². The van der Waals surface area contributed by atoms with E-state index in [1.807, 2.05) is 25.8 Å². The maximum absolute atomic E-state index is 11.8. The highest BCUT2D eigenvalue weighted by atomic mass is 32.2. The summed E-state index contributed by atoms with van der Waals surface area (Å²) in [5.41, 5.74) is 0.584. The summed E-state index contributed by atoms with van der Waals surface area (Å²) in [4.78, 5) is 11.1. The number of methoxy groups -OCH3 is 1. The van der Waals surface area contributed by atoms with E-state index in [-0.39, 0.29) is 24.7 Å². The van der Waals surface area contributed by atoms with Crippen molar-refractivity contribution in [2.75, 3.05) is 24.4 Å². The van der Waals surface area contributed by atoms with Crippen LogP contribution in [0.3, 0.4) is 0 Å². The fourth-order valence-corrected chi connectivity index (χ4v) is 5.12. The van der Waals surface area contributed by atoms with Gasteiger partial charge in [-0.05, 0) is 25.7 Å². The highest BCUT2D eigenvalue weighted by molar-refractivity contribution is 7.69. The van der Waals surface area contributed by atoms with Crippen LogP contribution in [0.15, 0.2) is 12.1 Å². The lowest BCUT2D eigenvalue weighted by atomic mass is 9.90. The summed E-state index contributed by atoms with van der Waals surface area (Å²) >= 11 is 0. The molecular formula is C19H31N7O4S. The summed E-state index contributed by atoms with van der Waals surface area (Å²) in [5.74, 6) is 1.90. The Morgan fingerprint density at radius 1 is 1.23 bits per heavy atom. The van der Waals surface area contributed by atoms with Crippen LogP contribution in [0.5, 0.6) is 5.88 Å². The van der Waals surface area contributed by atoms with Crippen molar-refractivity contribution in [2.24, 2.45) is 0 Å². The van der Waals surface area contributed by atoms with Gasteiger partial charge >= 0.3 is 0 Å². The van der Waals surface area contributed by atoms with E-state index in [4.69, 9.17) is 4.74 Å². The van der Waals surface area contributed by atoms with Crippen molar-refractivity contribution >= 4 is 28.5 Å². The molecular weight excluding hydrogens is 422 g/mol. The Bertz CT molecular complexity index is 929. The molecule has 3 atom stereocenters. The number of nitrogens with zero attached hydrogens (tertiary/aromatic N) is 5. The predicted molar refractivity (Wildman–Crippen MR) is 118 cm³/mol. The third-order valence-electron chi connectivity index (χ3n) is 5.79. The Balaban J connectivity index is 1.85. The number of hydrogen-bond donors (Lipinski definition) is 4. The van der Waals surface area contributed by atoms with Crippen LogP contribution >= 0.6 is 0 Å². The van der Waals surface area contributed by atoms with E-state index in [1.165, 1.54) is 7.11 Å². The second-order valence-corrected chi connectivity index (χ2v) is 8.57. The largest absolute Gasteiger partial charge is 0.481 e. The zero-order valence-corrected chi connectivity index (χ0v) is 19.2. The highest BCUT2D eigenvalue weighted by Gasteiger charge is 2.37. The van der Waals surface area contributed by atoms with Crippen LogP contribution in [0.2, 0.25) is 0 Å². The standard InChI is InChI=1S/C19H31N7O4S/c1-5-13-8-15(9-14(6-2)26(13)31(28)29)25(3)19-21-16(10-18(22-19)30-4)20-17-7-12(11-27)23-24-17/h7,10,13-15,27,31H,5-6,8-9,11H2,1-4H3,(H2,20,21,22,23,24)/t13-,14+,15-. The third-order valence-corrected chi connectivity index (χ3v) is 6.82. The number of aromatic amines is 1. The number of thiol groups is 1. The molecule has 0 bridgehead atoms. The Morgan fingerprint density at radius 3 is 2.42 bits per heavy atom. The number of ether oxygens (including phenoxy) is 1. The van der Waals surface area contributed by atoms with E-state index in [1.54, 1.807) is 16.4 Å². The van der Waals surface area contributed by atoms with Gasteiger partial charge in [-0.1, -0.05) is 13.8 Å². The second kappa shape index (κ2) is 10.2. The molecule has 12 heteroatoms. The number of aromatic nitrogens is 4. The number of H-pyrrole nitrogens is 1. The molecule has 0 saturated carbocycles. The molecule has 1 aliphatic heterocycles. The lowest BCUT2D eigenvalue weighted by Gasteiger charge is -2.44. The first-order valence-corrected chi connectivity index (χ1v) is 11.5. The van der Waals surface area contributed by atoms with E-state index in [2.05, 4.69) is 25.5 Å². The van der Waals surface area contributed by atoms with Crippen molar-refractivity contribution in [1.82, 2.24) is 24.5 Å². The smallest absolute Gasteiger partial charge is 0.230 e. The van der Waals surface area contributed by atoms with Crippen molar-refractivity contribution in [3.63, 3.8) is 0 Å². The molecule has 0 aliphatic carbocycles. The maximum atomic E-state index is 11.8. The molecule has 0 radical (unpaired) electrons. The first-order chi connectivity index (χ1) is 14.9. The van der Waals surface area contributed by atoms with E-state index >= 15 is 0 Å². The van der Waals surface area contributed by atoms with E-state index in [0.717, 1.165) is 12.8 Å². The van der Waals surface area contributed by atoms with E-state index in [0.29, 0.717) is 42.0 Å². The van der Waals surface area contributed by atoms with Crippen LogP contribution in [0, 0.1) is 0 Å². The zero-order chi connectivity index (χ0) is 22.5. The second-order valence-electron chi connectivity index (χ2n) is 7.64. The lowest BCUT2D eigenvalue weighted by Crippen LogP contribution is -2.53. The minimum atomic E-state index is -2.62. The molecule has 0 spiro atoms. The highest BCUT2D eigenvalue weighted by Crippen LogP contribution is 2.32. The van der Waals surface area contributed by atoms with Gasteiger partial charge in [-0.15, -0.1) is 0 Å². The Kier molecular flexibility index (Phi) is 7.68. The average molecular weight is 454 g/mol. The molecule has 31 heavy (non-hydrogen) atoms. The first kappa shape index (κ1) is 23.2. The van der Waals surface area contributed by atoms with Gasteiger partial charge in [-0.25, -0.2) is 8.42 Å². The SMILES string of the molecule is CC[C@@H]1C[C@@H](N(C)c2nc(Nc3cc(CO)[nH]n3)cc(OC)n2)C[C@H](CC)N1[SH](=O)=O. The number of aliphatic hydroxyl groups excluding tert-OH is 1. The van der Waals surface area contributed by atoms with Gasteiger partial charge in [-0.2, -0.15) is 19.4 Å². The van der Waals surface area contributed by atoms with Crippen molar-refractivity contribution < 1.29 is 18.3 Å². The lowest BCUT2D eigenvalue weighted by molar-refractivity contribution is 0.157. The maximum Gasteiger partial charge on any atom is 0.230 e. The number of hydrogen-bond acceptors (Lipinski definition) is 9. The molecule has 0 amide bonds. The zero-order valence-electron chi connectivity index (χ0n) is 18.3. The number of rotatable bonds is 9. The molecule has 3 N–H and O–H groups in total. The number of aliphatic hydroxyl groups is 1. The topological polar surface area (TPSA) is 137 Å². The molecule has 11 nitrogen and oxygen atoms in total. The Hall–Kier alpha value is -2.44. The summed E-state index contributed by atoms with van der Waals surface area (Å²) in [6, 6.07) is 3.36. The summed E-state index contributed by atoms with van der Waals surface area (Å²) in [6.45, 7) is 3.89. The van der Waals surface area contributed by atoms with Crippen LogP contribution in [-0.4, -0.2) is 70.3 Å². The fraction of sp³-hybridized carbons (Fsp3) is 0.632. The number of piperidine rings is 1. The molecule has 3 heterocycles. The van der Waals surface area contributed by atoms with Gasteiger partial charge in [0.25, 0.3) is 0 Å². The molecule has 2 aromatic heterocycles. The molecule has 172 valence electrons. The average Bonchev–Trinajstić information content (AvgIpc) is 3.24. The van der Waals surface area contributed by atoms with Crippen molar-refractivity contribution in [1.29, 1.82) is 0 Å². The van der Waals surface area contributed by atoms with Crippen LogP contribution in [-0.2, 0) is 17.5 Å². The molecule has 3 rings (SSSR count). The molecule has 2 aromatic rings. The summed E-state index contributed by atoms with van der Waals surface area (Å²) in [5, 5.41) is 19.1. The van der Waals surface area contributed by atoms with E-state index < -0.39 is 10.9 Å². The van der Waals surface area contributed by atoms with Crippen LogP contribution in [0.1, 0.15) is 45.2 Å². The number of nitrogens with one attached hydrogen (secondary N) is 2. The first-order valence-electron chi connectivity index (χ1n) is 10.4. The summed E-state index contributed by atoms with van der Waals surface area (Å²) < 4.78 is 30.7. The van der Waals surface area contributed by atoms with Crippen molar-refractivity contribution in [3.8, 4) is 5.88 Å². The van der Waals surface area contributed by atoms with Gasteiger partial charge in [0.05, 0.1) is 19.4 Å². The summed E-state index contributed by atoms with van der Waals surface area (Å²) in [6.07, 6.45) is 2.91. The molecule has 0 unspecified atom stereocenters. The number of anilines is 3. The third kappa shape index (κ3) is 5.25. The van der Waals surface area contributed by atoms with Gasteiger partial charge in [0.2, 0.25) is 22.7 Å². The van der Waals surface area contributed by atoms with Crippen LogP contribution < -0.4 is 15.0 Å². The monoisotopic (exact) mass is 453 g/mol. The fourth-order valence-electron chi connectivity index (χ4n) is 4.07. The quantitative estimate of drug-likeness (QED) is 0.416. The summed E-state index contributed by atoms with van der Waals surface area (Å²) in [7, 11) is 0.847. The van der Waals surface area contributed by atoms with Gasteiger partial charge in [-0.3, -0.25) is 5.10 Å². The molecule has 1 fully saturated rings. The van der Waals surface area contributed by atoms with Gasteiger partial charge in [0.1, 0.15) is 5.82 Å². The molecule has 0 aromatic carbocycles. The Labute approximate surface area is 183 Å². The minimum absolute atomic E-state index is 0.0450. The molecule has 1 saturated heterocycles. The molecule has 1 aliphatic rings. The minimum Gasteiger partial charge on any atom is -0.481 e.